The molecule has 0 aromatic carbocycles. The smallest absolute Gasteiger partial charge is 0.253 e. The number of hydrogen-bond acceptors (Lipinski definition) is 6. The number of thiophene rings is 1. The highest BCUT2D eigenvalue weighted by atomic mass is 32.2. The molecule has 0 fully saturated rings. The van der Waals surface area contributed by atoms with Crippen LogP contribution < -0.4 is 5.32 Å². The average molecular weight is 430 g/mol. The number of aryl methyl sites for hydroxylation is 2. The van der Waals surface area contributed by atoms with Gasteiger partial charge in [0.1, 0.15) is 5.82 Å². The number of hydrogen-bond donors (Lipinski definition) is 1. The van der Waals surface area contributed by atoms with Crippen molar-refractivity contribution in [1.29, 1.82) is 0 Å². The molecular weight excluding hydrogens is 402 g/mol. The summed E-state index contributed by atoms with van der Waals surface area (Å²) in [7, 11) is 0. The van der Waals surface area contributed by atoms with Crippen molar-refractivity contribution in [2.45, 2.75) is 45.3 Å². The van der Waals surface area contributed by atoms with Crippen LogP contribution in [0.3, 0.4) is 0 Å². The second kappa shape index (κ2) is 10.0. The number of carbonyl (C=O) groups excluding carboxylic acids is 1. The molecule has 3 aromatic rings. The molecule has 29 heavy (non-hydrogen) atoms. The maximum atomic E-state index is 12.6. The zero-order valence-corrected chi connectivity index (χ0v) is 18.9. The second-order valence-electron chi connectivity index (χ2n) is 7.27. The van der Waals surface area contributed by atoms with E-state index in [1.54, 1.807) is 23.1 Å². The highest BCUT2D eigenvalue weighted by Gasteiger charge is 2.14. The van der Waals surface area contributed by atoms with Gasteiger partial charge >= 0.3 is 0 Å². The van der Waals surface area contributed by atoms with Crippen molar-refractivity contribution < 1.29 is 4.79 Å². The van der Waals surface area contributed by atoms with Gasteiger partial charge in [0.2, 0.25) is 0 Å². The first-order valence-electron chi connectivity index (χ1n) is 9.75. The summed E-state index contributed by atoms with van der Waals surface area (Å²) in [5.41, 5.74) is 2.27. The topological polar surface area (TPSA) is 72.7 Å². The van der Waals surface area contributed by atoms with Gasteiger partial charge in [0.25, 0.3) is 5.91 Å². The standard InChI is InChI=1S/C21H27N5OS2/c1-14(2)13-26-19(24-25-21(26)28-4)8-5-11-22-20(27)16-9-10-17(23-15(16)3)18-7-6-12-29-18/h6-7,9-10,12,14H,5,8,11,13H2,1-4H3,(H,22,27). The first-order valence-corrected chi connectivity index (χ1v) is 11.9. The largest absolute Gasteiger partial charge is 0.352 e. The molecule has 6 nitrogen and oxygen atoms in total. The van der Waals surface area contributed by atoms with Crippen molar-refractivity contribution in [3.05, 3.63) is 46.7 Å². The van der Waals surface area contributed by atoms with E-state index in [1.165, 1.54) is 0 Å². The zero-order chi connectivity index (χ0) is 20.8. The predicted molar refractivity (Wildman–Crippen MR) is 120 cm³/mol. The molecule has 1 amide bonds. The number of pyridine rings is 1. The van der Waals surface area contributed by atoms with Gasteiger partial charge in [-0.25, -0.2) is 0 Å². The summed E-state index contributed by atoms with van der Waals surface area (Å²) < 4.78 is 2.19. The normalized spacial score (nSPS) is 11.2. The summed E-state index contributed by atoms with van der Waals surface area (Å²) in [6.45, 7) is 7.76. The molecule has 0 radical (unpaired) electrons. The van der Waals surface area contributed by atoms with Gasteiger partial charge in [0.15, 0.2) is 5.16 Å². The average Bonchev–Trinajstić information content (AvgIpc) is 3.35. The molecule has 0 spiro atoms. The Labute approximate surface area is 180 Å². The zero-order valence-electron chi connectivity index (χ0n) is 17.3. The molecule has 8 heteroatoms. The van der Waals surface area contributed by atoms with Gasteiger partial charge in [-0.2, -0.15) is 0 Å². The fourth-order valence-electron chi connectivity index (χ4n) is 3.11. The predicted octanol–water partition coefficient (Wildman–Crippen LogP) is 4.45. The minimum atomic E-state index is -0.0822. The number of nitrogens with one attached hydrogen (secondary N) is 1. The summed E-state index contributed by atoms with van der Waals surface area (Å²) in [5, 5.41) is 14.6. The third-order valence-electron chi connectivity index (χ3n) is 4.49. The second-order valence-corrected chi connectivity index (χ2v) is 8.99. The Hall–Kier alpha value is -2.19. The Morgan fingerprint density at radius 3 is 2.76 bits per heavy atom. The fourth-order valence-corrected chi connectivity index (χ4v) is 4.33. The Balaban J connectivity index is 1.55. The van der Waals surface area contributed by atoms with Crippen LogP contribution in [0.25, 0.3) is 10.6 Å². The minimum Gasteiger partial charge on any atom is -0.352 e. The van der Waals surface area contributed by atoms with Crippen LogP contribution in [0.2, 0.25) is 0 Å². The van der Waals surface area contributed by atoms with Gasteiger partial charge in [-0.3, -0.25) is 9.78 Å². The van der Waals surface area contributed by atoms with Gasteiger partial charge in [0.05, 0.1) is 21.8 Å². The molecular formula is C21H27N5OS2. The van der Waals surface area contributed by atoms with Gasteiger partial charge in [0, 0.05) is 19.5 Å². The third-order valence-corrected chi connectivity index (χ3v) is 6.05. The first-order chi connectivity index (χ1) is 14.0. The Bertz CT molecular complexity index is 950. The Morgan fingerprint density at radius 1 is 1.28 bits per heavy atom. The lowest BCUT2D eigenvalue weighted by Gasteiger charge is -2.12. The lowest BCUT2D eigenvalue weighted by molar-refractivity contribution is 0.0952. The van der Waals surface area contributed by atoms with E-state index >= 15 is 0 Å². The van der Waals surface area contributed by atoms with Gasteiger partial charge in [-0.05, 0) is 49.1 Å². The summed E-state index contributed by atoms with van der Waals surface area (Å²) in [4.78, 5) is 18.2. The molecule has 0 saturated carbocycles. The van der Waals surface area contributed by atoms with Crippen molar-refractivity contribution in [2.24, 2.45) is 5.92 Å². The van der Waals surface area contributed by atoms with E-state index in [0.29, 0.717) is 18.0 Å². The minimum absolute atomic E-state index is 0.0822. The van der Waals surface area contributed by atoms with Crippen LogP contribution in [-0.2, 0) is 13.0 Å². The van der Waals surface area contributed by atoms with Crippen molar-refractivity contribution >= 4 is 29.0 Å². The number of amides is 1. The summed E-state index contributed by atoms with van der Waals surface area (Å²) in [6.07, 6.45) is 3.62. The molecule has 0 bridgehead atoms. The van der Waals surface area contributed by atoms with Gasteiger partial charge in [-0.1, -0.05) is 31.7 Å². The molecule has 3 aromatic heterocycles. The molecule has 0 aliphatic heterocycles. The van der Waals surface area contributed by atoms with E-state index in [-0.39, 0.29) is 5.91 Å². The van der Waals surface area contributed by atoms with Crippen LogP contribution in [0.4, 0.5) is 0 Å². The molecule has 1 N–H and O–H groups in total. The molecule has 3 heterocycles. The van der Waals surface area contributed by atoms with Gasteiger partial charge < -0.3 is 9.88 Å². The monoisotopic (exact) mass is 429 g/mol. The van der Waals surface area contributed by atoms with Crippen LogP contribution in [0, 0.1) is 12.8 Å². The SMILES string of the molecule is CSc1nnc(CCCNC(=O)c2ccc(-c3cccs3)nc2C)n1CC(C)C. The Morgan fingerprint density at radius 2 is 2.10 bits per heavy atom. The number of thioether (sulfide) groups is 1. The number of rotatable bonds is 9. The summed E-state index contributed by atoms with van der Waals surface area (Å²) in [6, 6.07) is 7.80. The Kier molecular flexibility index (Phi) is 7.44. The fraction of sp³-hybridized carbons (Fsp3) is 0.429. The van der Waals surface area contributed by atoms with Crippen LogP contribution in [0.15, 0.2) is 34.8 Å². The van der Waals surface area contributed by atoms with E-state index < -0.39 is 0 Å². The molecule has 0 saturated heterocycles. The molecule has 0 unspecified atom stereocenters. The van der Waals surface area contributed by atoms with Crippen LogP contribution in [0.1, 0.15) is 42.1 Å². The van der Waals surface area contributed by atoms with E-state index in [2.05, 4.69) is 38.9 Å². The molecule has 0 aliphatic rings. The van der Waals surface area contributed by atoms with Crippen molar-refractivity contribution in [2.75, 3.05) is 12.8 Å². The van der Waals surface area contributed by atoms with Crippen molar-refractivity contribution in [3.8, 4) is 10.6 Å². The summed E-state index contributed by atoms with van der Waals surface area (Å²) >= 11 is 3.26. The van der Waals surface area contributed by atoms with Crippen molar-refractivity contribution in [1.82, 2.24) is 25.1 Å². The third kappa shape index (κ3) is 5.45. The van der Waals surface area contributed by atoms with E-state index in [1.807, 2.05) is 42.8 Å². The summed E-state index contributed by atoms with van der Waals surface area (Å²) in [5.74, 6) is 1.43. The molecule has 0 atom stereocenters. The molecule has 0 aliphatic carbocycles. The maximum absolute atomic E-state index is 12.6. The van der Waals surface area contributed by atoms with Gasteiger partial charge in [-0.15, -0.1) is 21.5 Å². The van der Waals surface area contributed by atoms with E-state index in [4.69, 9.17) is 0 Å². The van der Waals surface area contributed by atoms with E-state index in [0.717, 1.165) is 46.6 Å². The highest BCUT2D eigenvalue weighted by Crippen LogP contribution is 2.23. The van der Waals surface area contributed by atoms with Crippen LogP contribution in [-0.4, -0.2) is 38.5 Å². The number of nitrogens with zero attached hydrogens (tertiary/aromatic N) is 4. The number of carbonyl (C=O) groups is 1. The maximum Gasteiger partial charge on any atom is 0.253 e. The van der Waals surface area contributed by atoms with Crippen LogP contribution >= 0.6 is 23.1 Å². The lowest BCUT2D eigenvalue weighted by atomic mass is 10.1. The molecule has 3 rings (SSSR count). The van der Waals surface area contributed by atoms with E-state index in [9.17, 15) is 4.79 Å². The van der Waals surface area contributed by atoms with Crippen LogP contribution in [0.5, 0.6) is 0 Å². The lowest BCUT2D eigenvalue weighted by Crippen LogP contribution is -2.26. The first kappa shape index (κ1) is 21.5. The highest BCUT2D eigenvalue weighted by molar-refractivity contribution is 7.98. The quantitative estimate of drug-likeness (QED) is 0.402. The van der Waals surface area contributed by atoms with Crippen molar-refractivity contribution in [3.63, 3.8) is 0 Å². The number of aromatic nitrogens is 4. The molecule has 154 valence electrons.